The van der Waals surface area contributed by atoms with E-state index in [4.69, 9.17) is 5.73 Å². The van der Waals surface area contributed by atoms with E-state index in [1.165, 1.54) is 10.6 Å². The maximum atomic E-state index is 12.0. The molecular formula is C28H35N11O3S. The molecule has 4 N–H and O–H groups in total. The van der Waals surface area contributed by atoms with E-state index in [0.29, 0.717) is 60.3 Å². The van der Waals surface area contributed by atoms with Crippen molar-refractivity contribution >= 4 is 32.6 Å². The Morgan fingerprint density at radius 1 is 1.14 bits per heavy atom. The van der Waals surface area contributed by atoms with Gasteiger partial charge in [-0.1, -0.05) is 5.21 Å². The van der Waals surface area contributed by atoms with Crippen molar-refractivity contribution in [2.75, 3.05) is 37.0 Å². The van der Waals surface area contributed by atoms with Crippen molar-refractivity contribution in [1.29, 1.82) is 5.26 Å². The number of rotatable bonds is 8. The highest BCUT2D eigenvalue weighted by atomic mass is 32.2. The SMILES string of the molecule is CS(=O)(=O)N1CCC(Nc2cc(-n3ncc4cc(C#N)c(N)nc43)ncc2-n2cc(C3CCC(CCO)CC3)nn2)CC1. The summed E-state index contributed by atoms with van der Waals surface area (Å²) >= 11 is 0. The molecule has 0 bridgehead atoms. The van der Waals surface area contributed by atoms with Gasteiger partial charge in [-0.25, -0.2) is 27.4 Å². The van der Waals surface area contributed by atoms with E-state index in [1.54, 1.807) is 27.8 Å². The number of anilines is 2. The number of pyridine rings is 2. The Labute approximate surface area is 249 Å². The van der Waals surface area contributed by atoms with Gasteiger partial charge in [0.05, 0.1) is 41.8 Å². The van der Waals surface area contributed by atoms with Crippen molar-refractivity contribution in [2.24, 2.45) is 5.92 Å². The van der Waals surface area contributed by atoms with Gasteiger partial charge in [-0.2, -0.15) is 15.0 Å². The summed E-state index contributed by atoms with van der Waals surface area (Å²) in [6.45, 7) is 1.10. The normalized spacial score (nSPS) is 20.3. The largest absolute Gasteiger partial charge is 0.396 e. The minimum Gasteiger partial charge on any atom is -0.396 e. The van der Waals surface area contributed by atoms with Gasteiger partial charge in [-0.05, 0) is 56.9 Å². The molecule has 5 heterocycles. The number of piperidine rings is 1. The predicted octanol–water partition coefficient (Wildman–Crippen LogP) is 2.34. The number of aliphatic hydroxyl groups is 1. The van der Waals surface area contributed by atoms with Gasteiger partial charge in [-0.15, -0.1) is 5.10 Å². The lowest BCUT2D eigenvalue weighted by atomic mass is 9.79. The Hall–Kier alpha value is -4.13. The van der Waals surface area contributed by atoms with Gasteiger partial charge in [-0.3, -0.25) is 0 Å². The molecule has 1 aliphatic heterocycles. The fourth-order valence-corrected chi connectivity index (χ4v) is 7.02. The number of nitrogens with one attached hydrogen (secondary N) is 1. The molecule has 4 aromatic heterocycles. The van der Waals surface area contributed by atoms with Crippen LogP contribution >= 0.6 is 0 Å². The molecule has 15 heteroatoms. The summed E-state index contributed by atoms with van der Waals surface area (Å²) in [6, 6.07) is 5.59. The predicted molar refractivity (Wildman–Crippen MR) is 160 cm³/mol. The molecule has 0 unspecified atom stereocenters. The van der Waals surface area contributed by atoms with Gasteiger partial charge in [0, 0.05) is 43.1 Å². The highest BCUT2D eigenvalue weighted by Crippen LogP contribution is 2.36. The van der Waals surface area contributed by atoms with Crippen LogP contribution in [0.25, 0.3) is 22.5 Å². The third kappa shape index (κ3) is 6.03. The van der Waals surface area contributed by atoms with Gasteiger partial charge in [0.25, 0.3) is 0 Å². The fourth-order valence-electron chi connectivity index (χ4n) is 6.14. The van der Waals surface area contributed by atoms with Gasteiger partial charge in [0.1, 0.15) is 17.6 Å². The molecule has 1 saturated carbocycles. The lowest BCUT2D eigenvalue weighted by molar-refractivity contribution is 0.221. The molecule has 4 aromatic rings. The topological polar surface area (TPSA) is 194 Å². The molecule has 1 aliphatic carbocycles. The second-order valence-corrected chi connectivity index (χ2v) is 13.4. The first-order valence-electron chi connectivity index (χ1n) is 14.5. The number of hydrogen-bond acceptors (Lipinski definition) is 11. The number of nitrogen functional groups attached to an aromatic ring is 1. The summed E-state index contributed by atoms with van der Waals surface area (Å²) in [4.78, 5) is 9.09. The summed E-state index contributed by atoms with van der Waals surface area (Å²) in [5, 5.41) is 36.4. The van der Waals surface area contributed by atoms with Crippen LogP contribution in [0.5, 0.6) is 0 Å². The second-order valence-electron chi connectivity index (χ2n) is 11.5. The molecule has 1 saturated heterocycles. The molecule has 2 aliphatic rings. The Morgan fingerprint density at radius 2 is 1.91 bits per heavy atom. The quantitative estimate of drug-likeness (QED) is 0.267. The average Bonchev–Trinajstić information content (AvgIpc) is 3.65. The first-order chi connectivity index (χ1) is 20.7. The van der Waals surface area contributed by atoms with Crippen molar-refractivity contribution < 1.29 is 13.5 Å². The molecule has 6 rings (SSSR count). The summed E-state index contributed by atoms with van der Waals surface area (Å²) in [6.07, 6.45) is 12.8. The van der Waals surface area contributed by atoms with Gasteiger partial charge < -0.3 is 16.2 Å². The Balaban J connectivity index is 1.32. The molecule has 0 aromatic carbocycles. The zero-order valence-corrected chi connectivity index (χ0v) is 24.8. The van der Waals surface area contributed by atoms with E-state index in [2.05, 4.69) is 30.7 Å². The molecule has 43 heavy (non-hydrogen) atoms. The summed E-state index contributed by atoms with van der Waals surface area (Å²) < 4.78 is 28.9. The average molecular weight is 606 g/mol. The van der Waals surface area contributed by atoms with E-state index in [1.807, 2.05) is 18.3 Å². The Bertz CT molecular complexity index is 1760. The molecule has 0 spiro atoms. The monoisotopic (exact) mass is 605 g/mol. The zero-order valence-electron chi connectivity index (χ0n) is 24.0. The smallest absolute Gasteiger partial charge is 0.211 e. The number of nitrogens with zero attached hydrogens (tertiary/aromatic N) is 9. The van der Waals surface area contributed by atoms with Crippen molar-refractivity contribution in [1.82, 2.24) is 39.0 Å². The third-order valence-corrected chi connectivity index (χ3v) is 9.93. The van der Waals surface area contributed by atoms with Crippen LogP contribution in [0.2, 0.25) is 0 Å². The van der Waals surface area contributed by atoms with Gasteiger partial charge in [0.2, 0.25) is 10.0 Å². The van der Waals surface area contributed by atoms with Crippen LogP contribution in [0.15, 0.2) is 30.7 Å². The van der Waals surface area contributed by atoms with Crippen LogP contribution < -0.4 is 11.1 Å². The lowest BCUT2D eigenvalue weighted by Gasteiger charge is -2.31. The molecule has 0 amide bonds. The molecule has 226 valence electrons. The first kappa shape index (κ1) is 29.0. The number of fused-ring (bicyclic) bond motifs is 1. The minimum absolute atomic E-state index is 0.0260. The highest BCUT2D eigenvalue weighted by Gasteiger charge is 2.27. The molecular weight excluding hydrogens is 570 g/mol. The summed E-state index contributed by atoms with van der Waals surface area (Å²) in [7, 11) is -3.24. The van der Waals surface area contributed by atoms with E-state index in [9.17, 15) is 18.8 Å². The molecule has 2 fully saturated rings. The Morgan fingerprint density at radius 3 is 2.60 bits per heavy atom. The van der Waals surface area contributed by atoms with E-state index in [0.717, 1.165) is 43.5 Å². The first-order valence-corrected chi connectivity index (χ1v) is 16.4. The van der Waals surface area contributed by atoms with Crippen LogP contribution in [0, 0.1) is 17.2 Å². The summed E-state index contributed by atoms with van der Waals surface area (Å²) in [5.41, 5.74) is 9.14. The maximum Gasteiger partial charge on any atom is 0.211 e. The number of sulfonamides is 1. The number of nitrogens with two attached hydrogens (primary N) is 1. The standard InChI is InChI=1S/C28H35N11O3S/c1-43(41,42)37-9-6-22(7-10-37)33-23-13-26(39-28-21(15-32-39)12-20(14-29)27(30)34-28)31-16-25(23)38-17-24(35-36-38)19-4-2-18(3-5-19)8-11-40/h12-13,15-19,22,40H,2-11H2,1H3,(H2,30,34)(H,31,33). The van der Waals surface area contributed by atoms with E-state index < -0.39 is 10.0 Å². The maximum absolute atomic E-state index is 12.0. The third-order valence-electron chi connectivity index (χ3n) is 8.62. The van der Waals surface area contributed by atoms with E-state index >= 15 is 0 Å². The number of hydrogen-bond donors (Lipinski definition) is 3. The number of nitriles is 1. The van der Waals surface area contributed by atoms with Crippen LogP contribution in [0.1, 0.15) is 62.1 Å². The van der Waals surface area contributed by atoms with Crippen molar-refractivity contribution in [2.45, 2.75) is 56.9 Å². The fraction of sp³-hybridized carbons (Fsp3) is 0.500. The van der Waals surface area contributed by atoms with Crippen molar-refractivity contribution in [3.05, 3.63) is 42.0 Å². The van der Waals surface area contributed by atoms with Crippen LogP contribution in [0.3, 0.4) is 0 Å². The minimum atomic E-state index is -3.24. The zero-order chi connectivity index (χ0) is 30.1. The molecule has 0 radical (unpaired) electrons. The summed E-state index contributed by atoms with van der Waals surface area (Å²) in [5.74, 6) is 1.49. The van der Waals surface area contributed by atoms with E-state index in [-0.39, 0.29) is 24.0 Å². The van der Waals surface area contributed by atoms with Crippen LogP contribution in [-0.2, 0) is 10.0 Å². The number of aliphatic hydroxyl groups excluding tert-OH is 1. The highest BCUT2D eigenvalue weighted by molar-refractivity contribution is 7.88. The second kappa shape index (κ2) is 11.9. The van der Waals surface area contributed by atoms with Crippen LogP contribution in [-0.4, -0.2) is 84.6 Å². The number of aromatic nitrogens is 7. The van der Waals surface area contributed by atoms with Crippen molar-refractivity contribution in [3.63, 3.8) is 0 Å². The molecule has 0 atom stereocenters. The van der Waals surface area contributed by atoms with Gasteiger partial charge >= 0.3 is 0 Å². The Kier molecular flexibility index (Phi) is 7.99. The van der Waals surface area contributed by atoms with Gasteiger partial charge in [0.15, 0.2) is 11.5 Å². The molecule has 14 nitrogen and oxygen atoms in total. The van der Waals surface area contributed by atoms with Crippen LogP contribution in [0.4, 0.5) is 11.5 Å². The lowest BCUT2D eigenvalue weighted by Crippen LogP contribution is -2.41. The van der Waals surface area contributed by atoms with Crippen molar-refractivity contribution in [3.8, 4) is 17.6 Å².